The van der Waals surface area contributed by atoms with Crippen molar-refractivity contribution >= 4 is 28.9 Å². The molecule has 0 aliphatic carbocycles. The van der Waals surface area contributed by atoms with Crippen LogP contribution >= 0.6 is 11.8 Å². The van der Waals surface area contributed by atoms with Gasteiger partial charge < -0.3 is 9.64 Å². The molecule has 0 aromatic carbocycles. The minimum Gasteiger partial charge on any atom is -0.378 e. The van der Waals surface area contributed by atoms with Gasteiger partial charge in [-0.15, -0.1) is 11.8 Å². The molecule has 2 aliphatic rings. The second-order valence-corrected chi connectivity index (χ2v) is 7.96. The molecule has 0 spiro atoms. The third kappa shape index (κ3) is 4.09. The number of allylic oxidation sites excluding steroid dienone is 8. The van der Waals surface area contributed by atoms with E-state index in [4.69, 9.17) is 9.84 Å². The van der Waals surface area contributed by atoms with Gasteiger partial charge in [-0.05, 0) is 19.9 Å². The summed E-state index contributed by atoms with van der Waals surface area (Å²) in [6.07, 6.45) is 9.24. The maximum Gasteiger partial charge on any atom is 0.274 e. The molecule has 0 radical (unpaired) electrons. The van der Waals surface area contributed by atoms with Crippen molar-refractivity contribution in [3.8, 4) is 0 Å². The quantitative estimate of drug-likeness (QED) is 0.640. The largest absolute Gasteiger partial charge is 0.378 e. The van der Waals surface area contributed by atoms with Gasteiger partial charge in [-0.2, -0.15) is 5.10 Å². The Balaban J connectivity index is 2.23. The van der Waals surface area contributed by atoms with E-state index in [-0.39, 0.29) is 5.91 Å². The predicted octanol–water partition coefficient (Wildman–Crippen LogP) is 4.68. The van der Waals surface area contributed by atoms with Crippen molar-refractivity contribution in [1.29, 1.82) is 0 Å². The molecule has 0 saturated carbocycles. The SMILES string of the molecule is C=C/C=C\C(=C(C)C)n1nc(C(=O)N2CCOCC2)c2c1C(C=C)=C(C=C)SC2. The lowest BCUT2D eigenvalue weighted by molar-refractivity contribution is 0.0298. The average molecular weight is 410 g/mol. The Hall–Kier alpha value is -2.57. The fraction of sp³-hybridized carbons (Fsp3) is 0.304. The second-order valence-electron chi connectivity index (χ2n) is 6.95. The number of carbonyl (C=O) groups is 1. The third-order valence-electron chi connectivity index (χ3n) is 4.90. The van der Waals surface area contributed by atoms with Crippen LogP contribution in [0.15, 0.2) is 60.6 Å². The summed E-state index contributed by atoms with van der Waals surface area (Å²) in [4.78, 5) is 16.2. The van der Waals surface area contributed by atoms with E-state index in [1.165, 1.54) is 0 Å². The molecule has 152 valence electrons. The van der Waals surface area contributed by atoms with Crippen LogP contribution in [0.4, 0.5) is 0 Å². The van der Waals surface area contributed by atoms with Gasteiger partial charge in [-0.3, -0.25) is 4.79 Å². The van der Waals surface area contributed by atoms with Crippen LogP contribution in [0.3, 0.4) is 0 Å². The Morgan fingerprint density at radius 3 is 2.48 bits per heavy atom. The molecule has 0 bridgehead atoms. The van der Waals surface area contributed by atoms with Crippen molar-refractivity contribution in [2.45, 2.75) is 19.6 Å². The molecular weight excluding hydrogens is 382 g/mol. The molecule has 6 heteroatoms. The summed E-state index contributed by atoms with van der Waals surface area (Å²) in [6, 6.07) is 0. The van der Waals surface area contributed by atoms with Gasteiger partial charge >= 0.3 is 0 Å². The summed E-state index contributed by atoms with van der Waals surface area (Å²) < 4.78 is 7.27. The van der Waals surface area contributed by atoms with E-state index in [1.54, 1.807) is 17.8 Å². The number of hydrogen-bond donors (Lipinski definition) is 0. The number of thioether (sulfide) groups is 1. The number of amides is 1. The number of ether oxygens (including phenoxy) is 1. The third-order valence-corrected chi connectivity index (χ3v) is 6.03. The summed E-state index contributed by atoms with van der Waals surface area (Å²) in [5, 5.41) is 4.82. The highest BCUT2D eigenvalue weighted by molar-refractivity contribution is 8.02. The Bertz CT molecular complexity index is 940. The van der Waals surface area contributed by atoms with Gasteiger partial charge in [0, 0.05) is 34.9 Å². The van der Waals surface area contributed by atoms with E-state index in [2.05, 4.69) is 19.7 Å². The zero-order valence-electron chi connectivity index (χ0n) is 17.1. The predicted molar refractivity (Wildman–Crippen MR) is 121 cm³/mol. The molecule has 0 unspecified atom stereocenters. The van der Waals surface area contributed by atoms with Gasteiger partial charge in [-0.1, -0.05) is 49.6 Å². The molecule has 1 amide bonds. The average Bonchev–Trinajstić information content (AvgIpc) is 3.12. The van der Waals surface area contributed by atoms with Crippen molar-refractivity contribution in [2.75, 3.05) is 26.3 Å². The number of rotatable bonds is 6. The van der Waals surface area contributed by atoms with Crippen LogP contribution in [0, 0.1) is 0 Å². The lowest BCUT2D eigenvalue weighted by Crippen LogP contribution is -2.41. The first kappa shape index (κ1) is 21.1. The monoisotopic (exact) mass is 409 g/mol. The molecule has 1 fully saturated rings. The molecule has 1 aromatic heterocycles. The van der Waals surface area contributed by atoms with Crippen molar-refractivity contribution in [3.63, 3.8) is 0 Å². The van der Waals surface area contributed by atoms with E-state index in [9.17, 15) is 4.79 Å². The van der Waals surface area contributed by atoms with Gasteiger partial charge in [0.2, 0.25) is 0 Å². The summed E-state index contributed by atoms with van der Waals surface area (Å²) in [6.45, 7) is 18.1. The van der Waals surface area contributed by atoms with Crippen molar-refractivity contribution < 1.29 is 9.53 Å². The summed E-state index contributed by atoms with van der Waals surface area (Å²) >= 11 is 1.66. The number of aromatic nitrogens is 2. The highest BCUT2D eigenvalue weighted by Gasteiger charge is 2.32. The molecule has 2 aliphatic heterocycles. The first-order valence-electron chi connectivity index (χ1n) is 9.61. The molecule has 5 nitrogen and oxygen atoms in total. The zero-order valence-corrected chi connectivity index (χ0v) is 17.9. The first-order valence-corrected chi connectivity index (χ1v) is 10.6. The minimum atomic E-state index is -0.0461. The fourth-order valence-corrected chi connectivity index (χ4v) is 4.47. The van der Waals surface area contributed by atoms with Crippen LogP contribution in [0.2, 0.25) is 0 Å². The molecule has 1 saturated heterocycles. The standard InChI is InChI=1S/C23H27N3O2S/c1-6-9-10-19(16(4)5)26-22-17(7-2)20(8-3)29-15-18(22)21(24-26)23(27)25-11-13-28-14-12-25/h6-10H,1-3,11-15H2,4-5H3/b10-9-. The van der Waals surface area contributed by atoms with E-state index >= 15 is 0 Å². The Morgan fingerprint density at radius 2 is 1.90 bits per heavy atom. The molecule has 1 aromatic rings. The van der Waals surface area contributed by atoms with Crippen molar-refractivity contribution in [3.05, 3.63) is 77.5 Å². The lowest BCUT2D eigenvalue weighted by atomic mass is 10.0. The fourth-order valence-electron chi connectivity index (χ4n) is 3.44. The normalized spacial score (nSPS) is 16.6. The van der Waals surface area contributed by atoms with Crippen LogP contribution in [0.1, 0.15) is 35.6 Å². The molecule has 0 atom stereocenters. The van der Waals surface area contributed by atoms with Crippen LogP contribution in [0.5, 0.6) is 0 Å². The Kier molecular flexibility index (Phi) is 6.77. The maximum absolute atomic E-state index is 13.3. The van der Waals surface area contributed by atoms with Crippen LogP contribution in [-0.4, -0.2) is 46.9 Å². The van der Waals surface area contributed by atoms with E-state index in [1.807, 2.05) is 47.7 Å². The first-order chi connectivity index (χ1) is 14.0. The maximum atomic E-state index is 13.3. The van der Waals surface area contributed by atoms with Gasteiger partial charge in [0.05, 0.1) is 24.6 Å². The number of carbonyl (C=O) groups excluding carboxylic acids is 1. The molecule has 0 N–H and O–H groups in total. The second kappa shape index (κ2) is 9.29. The summed E-state index contributed by atoms with van der Waals surface area (Å²) in [7, 11) is 0. The number of hydrogen-bond acceptors (Lipinski definition) is 4. The van der Waals surface area contributed by atoms with E-state index in [0.29, 0.717) is 37.8 Å². The topological polar surface area (TPSA) is 47.4 Å². The molecule has 3 heterocycles. The van der Waals surface area contributed by atoms with Gasteiger partial charge in [0.25, 0.3) is 5.91 Å². The van der Waals surface area contributed by atoms with E-state index < -0.39 is 0 Å². The smallest absolute Gasteiger partial charge is 0.274 e. The van der Waals surface area contributed by atoms with Gasteiger partial charge in [0.1, 0.15) is 0 Å². The highest BCUT2D eigenvalue weighted by atomic mass is 32.2. The Morgan fingerprint density at radius 1 is 1.17 bits per heavy atom. The lowest BCUT2D eigenvalue weighted by Gasteiger charge is -2.26. The number of fused-ring (bicyclic) bond motifs is 1. The zero-order chi connectivity index (χ0) is 21.0. The van der Waals surface area contributed by atoms with Crippen molar-refractivity contribution in [1.82, 2.24) is 14.7 Å². The van der Waals surface area contributed by atoms with Crippen LogP contribution < -0.4 is 0 Å². The summed E-state index contributed by atoms with van der Waals surface area (Å²) in [5.41, 5.74) is 5.30. The highest BCUT2D eigenvalue weighted by Crippen LogP contribution is 2.41. The minimum absolute atomic E-state index is 0.0461. The van der Waals surface area contributed by atoms with Crippen LogP contribution in [-0.2, 0) is 10.5 Å². The summed E-state index contributed by atoms with van der Waals surface area (Å²) in [5.74, 6) is 0.621. The van der Waals surface area contributed by atoms with Crippen molar-refractivity contribution in [2.24, 2.45) is 0 Å². The molecular formula is C23H27N3O2S. The Labute approximate surface area is 176 Å². The van der Waals surface area contributed by atoms with Crippen LogP contribution in [0.25, 0.3) is 11.3 Å². The van der Waals surface area contributed by atoms with Gasteiger partial charge in [0.15, 0.2) is 5.69 Å². The number of nitrogens with zero attached hydrogens (tertiary/aromatic N) is 3. The molecule has 3 rings (SSSR count). The van der Waals surface area contributed by atoms with E-state index in [0.717, 1.165) is 33.0 Å². The van der Waals surface area contributed by atoms with Gasteiger partial charge in [-0.25, -0.2) is 4.68 Å². The number of morpholine rings is 1. The molecule has 29 heavy (non-hydrogen) atoms.